The summed E-state index contributed by atoms with van der Waals surface area (Å²) in [5, 5.41) is 1.77. The second kappa shape index (κ2) is 7.46. The SMILES string of the molecule is O=C(OCc1ccccc1)N1CCC(N2NCCCC2=O)CC1. The van der Waals surface area contributed by atoms with Crippen molar-refractivity contribution in [3.8, 4) is 0 Å². The van der Waals surface area contributed by atoms with Crippen LogP contribution in [-0.2, 0) is 16.1 Å². The van der Waals surface area contributed by atoms with Crippen molar-refractivity contribution in [1.29, 1.82) is 0 Å². The van der Waals surface area contributed by atoms with Crippen LogP contribution in [0, 0.1) is 0 Å². The molecule has 0 atom stereocenters. The van der Waals surface area contributed by atoms with Crippen LogP contribution >= 0.6 is 0 Å². The molecule has 2 heterocycles. The molecular formula is C17H23N3O3. The lowest BCUT2D eigenvalue weighted by Crippen LogP contribution is -2.56. The van der Waals surface area contributed by atoms with Gasteiger partial charge in [-0.05, 0) is 24.8 Å². The molecule has 0 radical (unpaired) electrons. The third-order valence-corrected chi connectivity index (χ3v) is 4.41. The van der Waals surface area contributed by atoms with E-state index >= 15 is 0 Å². The van der Waals surface area contributed by atoms with Crippen molar-refractivity contribution in [1.82, 2.24) is 15.3 Å². The average Bonchev–Trinajstić information content (AvgIpc) is 2.61. The fraction of sp³-hybridized carbons (Fsp3) is 0.529. The molecule has 0 aromatic heterocycles. The highest BCUT2D eigenvalue weighted by molar-refractivity contribution is 5.76. The fourth-order valence-electron chi connectivity index (χ4n) is 3.10. The highest BCUT2D eigenvalue weighted by atomic mass is 16.6. The third-order valence-electron chi connectivity index (χ3n) is 4.41. The summed E-state index contributed by atoms with van der Waals surface area (Å²) in [4.78, 5) is 25.8. The summed E-state index contributed by atoms with van der Waals surface area (Å²) in [5.41, 5.74) is 4.16. The van der Waals surface area contributed by atoms with Gasteiger partial charge in [0.15, 0.2) is 0 Å². The number of rotatable bonds is 3. The lowest BCUT2D eigenvalue weighted by Gasteiger charge is -2.39. The number of nitrogens with zero attached hydrogens (tertiary/aromatic N) is 2. The first kappa shape index (κ1) is 15.8. The van der Waals surface area contributed by atoms with E-state index in [0.29, 0.717) is 26.1 Å². The van der Waals surface area contributed by atoms with Gasteiger partial charge in [0, 0.05) is 26.1 Å². The maximum Gasteiger partial charge on any atom is 0.410 e. The molecule has 3 rings (SSSR count). The number of hydrogen-bond acceptors (Lipinski definition) is 4. The van der Waals surface area contributed by atoms with Gasteiger partial charge in [0.25, 0.3) is 0 Å². The minimum Gasteiger partial charge on any atom is -0.445 e. The first-order valence-electron chi connectivity index (χ1n) is 8.25. The van der Waals surface area contributed by atoms with Gasteiger partial charge in [-0.2, -0.15) is 0 Å². The van der Waals surface area contributed by atoms with Gasteiger partial charge in [-0.3, -0.25) is 9.80 Å². The van der Waals surface area contributed by atoms with Crippen molar-refractivity contribution in [3.05, 3.63) is 35.9 Å². The second-order valence-corrected chi connectivity index (χ2v) is 6.03. The van der Waals surface area contributed by atoms with Crippen LogP contribution in [-0.4, -0.2) is 47.6 Å². The number of hydrogen-bond donors (Lipinski definition) is 1. The molecule has 2 aliphatic rings. The van der Waals surface area contributed by atoms with Crippen molar-refractivity contribution in [2.45, 2.75) is 38.3 Å². The Bertz CT molecular complexity index is 541. The fourth-order valence-corrected chi connectivity index (χ4v) is 3.10. The van der Waals surface area contributed by atoms with Crippen molar-refractivity contribution < 1.29 is 14.3 Å². The quantitative estimate of drug-likeness (QED) is 0.925. The Labute approximate surface area is 136 Å². The average molecular weight is 317 g/mol. The van der Waals surface area contributed by atoms with Gasteiger partial charge in [-0.25, -0.2) is 10.2 Å². The number of piperidine rings is 1. The molecule has 6 nitrogen and oxygen atoms in total. The Hall–Kier alpha value is -2.08. The number of carbonyl (C=O) groups excluding carboxylic acids is 2. The Morgan fingerprint density at radius 1 is 1.22 bits per heavy atom. The predicted octanol–water partition coefficient (Wildman–Crippen LogP) is 1.91. The van der Waals surface area contributed by atoms with Gasteiger partial charge < -0.3 is 9.64 Å². The molecular weight excluding hydrogens is 294 g/mol. The number of hydrazine groups is 1. The maximum absolute atomic E-state index is 12.1. The van der Waals surface area contributed by atoms with Crippen LogP contribution < -0.4 is 5.43 Å². The van der Waals surface area contributed by atoms with E-state index in [9.17, 15) is 9.59 Å². The Morgan fingerprint density at radius 3 is 2.65 bits per heavy atom. The normalized spacial score (nSPS) is 19.7. The molecule has 2 saturated heterocycles. The van der Waals surface area contributed by atoms with Crippen LogP contribution in [0.4, 0.5) is 4.79 Å². The topological polar surface area (TPSA) is 61.9 Å². The molecule has 2 aliphatic heterocycles. The van der Waals surface area contributed by atoms with Crippen LogP contribution in [0.25, 0.3) is 0 Å². The van der Waals surface area contributed by atoms with Crippen molar-refractivity contribution >= 4 is 12.0 Å². The van der Waals surface area contributed by atoms with Crippen LogP contribution in [0.5, 0.6) is 0 Å². The van der Waals surface area contributed by atoms with E-state index in [4.69, 9.17) is 4.74 Å². The molecule has 0 unspecified atom stereocenters. The summed E-state index contributed by atoms with van der Waals surface area (Å²) < 4.78 is 5.36. The van der Waals surface area contributed by atoms with Crippen LogP contribution in [0.15, 0.2) is 30.3 Å². The first-order chi connectivity index (χ1) is 11.2. The number of amides is 2. The number of likely N-dealkylation sites (tertiary alicyclic amines) is 1. The highest BCUT2D eigenvalue weighted by Gasteiger charge is 2.31. The van der Waals surface area contributed by atoms with E-state index in [2.05, 4.69) is 5.43 Å². The molecule has 0 bridgehead atoms. The van der Waals surface area contributed by atoms with Gasteiger partial charge in [-0.15, -0.1) is 0 Å². The molecule has 1 aromatic rings. The summed E-state index contributed by atoms with van der Waals surface area (Å²) in [7, 11) is 0. The number of nitrogens with one attached hydrogen (secondary N) is 1. The van der Waals surface area contributed by atoms with Gasteiger partial charge in [0.1, 0.15) is 6.61 Å². The standard InChI is InChI=1S/C17H23N3O3/c21-16-7-4-10-18-20(16)15-8-11-19(12-9-15)17(22)23-13-14-5-2-1-3-6-14/h1-3,5-6,15,18H,4,7-13H2. The zero-order chi connectivity index (χ0) is 16.1. The summed E-state index contributed by atoms with van der Waals surface area (Å²) in [6.45, 7) is 2.41. The van der Waals surface area contributed by atoms with E-state index in [1.807, 2.05) is 30.3 Å². The molecule has 23 heavy (non-hydrogen) atoms. The molecule has 0 saturated carbocycles. The summed E-state index contributed by atoms with van der Waals surface area (Å²) in [6.07, 6.45) is 2.83. The lowest BCUT2D eigenvalue weighted by atomic mass is 10.0. The molecule has 2 amide bonds. The van der Waals surface area contributed by atoms with E-state index in [1.165, 1.54) is 0 Å². The minimum absolute atomic E-state index is 0.168. The summed E-state index contributed by atoms with van der Waals surface area (Å²) >= 11 is 0. The van der Waals surface area contributed by atoms with E-state index in [1.54, 1.807) is 9.91 Å². The lowest BCUT2D eigenvalue weighted by molar-refractivity contribution is -0.141. The molecule has 0 aliphatic carbocycles. The van der Waals surface area contributed by atoms with Crippen molar-refractivity contribution in [3.63, 3.8) is 0 Å². The summed E-state index contributed by atoms with van der Waals surface area (Å²) in [6, 6.07) is 9.85. The van der Waals surface area contributed by atoms with Gasteiger partial charge in [0.05, 0.1) is 6.04 Å². The molecule has 1 aromatic carbocycles. The van der Waals surface area contributed by atoms with Crippen LogP contribution in [0.2, 0.25) is 0 Å². The largest absolute Gasteiger partial charge is 0.445 e. The van der Waals surface area contributed by atoms with E-state index < -0.39 is 0 Å². The Morgan fingerprint density at radius 2 is 1.96 bits per heavy atom. The molecule has 124 valence electrons. The van der Waals surface area contributed by atoms with Gasteiger partial charge in [0.2, 0.25) is 5.91 Å². The monoisotopic (exact) mass is 317 g/mol. The van der Waals surface area contributed by atoms with E-state index in [0.717, 1.165) is 31.4 Å². The van der Waals surface area contributed by atoms with Gasteiger partial charge >= 0.3 is 6.09 Å². The van der Waals surface area contributed by atoms with E-state index in [-0.39, 0.29) is 18.0 Å². The van der Waals surface area contributed by atoms with Crippen molar-refractivity contribution in [2.75, 3.05) is 19.6 Å². The maximum atomic E-state index is 12.1. The summed E-state index contributed by atoms with van der Waals surface area (Å²) in [5.74, 6) is 0.168. The Kier molecular flexibility index (Phi) is 5.12. The van der Waals surface area contributed by atoms with Gasteiger partial charge in [-0.1, -0.05) is 30.3 Å². The molecule has 1 N–H and O–H groups in total. The number of carbonyl (C=O) groups is 2. The minimum atomic E-state index is -0.273. The number of benzene rings is 1. The zero-order valence-electron chi connectivity index (χ0n) is 13.2. The van der Waals surface area contributed by atoms with Crippen LogP contribution in [0.3, 0.4) is 0 Å². The first-order valence-corrected chi connectivity index (χ1v) is 8.25. The van der Waals surface area contributed by atoms with Crippen molar-refractivity contribution in [2.24, 2.45) is 0 Å². The highest BCUT2D eigenvalue weighted by Crippen LogP contribution is 2.19. The second-order valence-electron chi connectivity index (χ2n) is 6.03. The molecule has 0 spiro atoms. The Balaban J connectivity index is 1.45. The predicted molar refractivity (Wildman–Crippen MR) is 85.3 cm³/mol. The molecule has 6 heteroatoms. The smallest absolute Gasteiger partial charge is 0.410 e. The third kappa shape index (κ3) is 4.01. The zero-order valence-corrected chi connectivity index (χ0v) is 13.2. The van der Waals surface area contributed by atoms with Crippen LogP contribution in [0.1, 0.15) is 31.2 Å². The molecule has 2 fully saturated rings. The number of ether oxygens (including phenoxy) is 1.